The minimum Gasteiger partial charge on any atom is -0.370 e. The van der Waals surface area contributed by atoms with Crippen LogP contribution in [0.4, 0.5) is 5.00 Å². The van der Waals surface area contributed by atoms with Crippen LogP contribution in [0.1, 0.15) is 0 Å². The summed E-state index contributed by atoms with van der Waals surface area (Å²) in [6.07, 6.45) is 0. The summed E-state index contributed by atoms with van der Waals surface area (Å²) in [5, 5.41) is 15.5. The van der Waals surface area contributed by atoms with Gasteiger partial charge in [0.1, 0.15) is 0 Å². The van der Waals surface area contributed by atoms with Crippen LogP contribution in [-0.2, 0) is 0 Å². The Kier molecular flexibility index (Phi) is 3.27. The third-order valence-corrected chi connectivity index (χ3v) is 2.02. The molecule has 0 unspecified atom stereocenters. The van der Waals surface area contributed by atoms with Gasteiger partial charge in [-0.1, -0.05) is 0 Å². The Balaban J connectivity index is 2.56. The fourth-order valence-corrected chi connectivity index (χ4v) is 1.35. The standard InChI is InChI=1S/C7H11N5S/c1-10-7(12-6(8)9)11-5-3-2-4-13-5/h2-4H,1H3,(H5,8,9,10,11,12). The average molecular weight is 197 g/mol. The van der Waals surface area contributed by atoms with Gasteiger partial charge in [0, 0.05) is 7.05 Å². The van der Waals surface area contributed by atoms with Gasteiger partial charge >= 0.3 is 0 Å². The lowest BCUT2D eigenvalue weighted by atomic mass is 10.6. The zero-order valence-corrected chi connectivity index (χ0v) is 7.98. The largest absolute Gasteiger partial charge is 0.370 e. The average Bonchev–Trinajstić information content (AvgIpc) is 2.55. The van der Waals surface area contributed by atoms with E-state index >= 15 is 0 Å². The molecule has 1 aromatic rings. The normalized spacial score (nSPS) is 11.0. The maximum absolute atomic E-state index is 7.01. The van der Waals surface area contributed by atoms with E-state index in [0.717, 1.165) is 5.00 Å². The molecular formula is C7H11N5S. The van der Waals surface area contributed by atoms with Crippen molar-refractivity contribution in [2.75, 3.05) is 12.4 Å². The Morgan fingerprint density at radius 1 is 1.69 bits per heavy atom. The third kappa shape index (κ3) is 3.12. The topological polar surface area (TPSA) is 86.3 Å². The maximum Gasteiger partial charge on any atom is 0.202 e. The van der Waals surface area contributed by atoms with Crippen molar-refractivity contribution in [3.8, 4) is 0 Å². The number of nitrogens with one attached hydrogen (secondary N) is 3. The maximum atomic E-state index is 7.01. The van der Waals surface area contributed by atoms with Gasteiger partial charge in [-0.15, -0.1) is 11.3 Å². The number of rotatable bonds is 1. The molecule has 1 rings (SSSR count). The zero-order valence-electron chi connectivity index (χ0n) is 7.16. The van der Waals surface area contributed by atoms with Gasteiger partial charge in [-0.25, -0.2) is 0 Å². The van der Waals surface area contributed by atoms with E-state index < -0.39 is 0 Å². The molecule has 0 aromatic carbocycles. The van der Waals surface area contributed by atoms with Crippen molar-refractivity contribution in [1.29, 1.82) is 5.41 Å². The Bertz CT molecular complexity index is 303. The van der Waals surface area contributed by atoms with Crippen LogP contribution < -0.4 is 16.4 Å². The van der Waals surface area contributed by atoms with Crippen LogP contribution in [0.15, 0.2) is 22.5 Å². The second kappa shape index (κ2) is 4.46. The molecule has 0 aliphatic heterocycles. The number of anilines is 1. The molecule has 5 N–H and O–H groups in total. The van der Waals surface area contributed by atoms with E-state index in [1.54, 1.807) is 18.4 Å². The fourth-order valence-electron chi connectivity index (χ4n) is 0.737. The highest BCUT2D eigenvalue weighted by atomic mass is 32.1. The summed E-state index contributed by atoms with van der Waals surface area (Å²) in [5.41, 5.74) is 5.15. The number of nitrogens with two attached hydrogens (primary N) is 1. The molecule has 0 amide bonds. The molecule has 70 valence electrons. The fraction of sp³-hybridized carbons (Fsp3) is 0.143. The third-order valence-electron chi connectivity index (χ3n) is 1.24. The van der Waals surface area contributed by atoms with E-state index in [1.807, 2.05) is 17.5 Å². The second-order valence-corrected chi connectivity index (χ2v) is 3.16. The van der Waals surface area contributed by atoms with Crippen LogP contribution in [0.3, 0.4) is 0 Å². The van der Waals surface area contributed by atoms with Crippen LogP contribution in [0.5, 0.6) is 0 Å². The van der Waals surface area contributed by atoms with Crippen LogP contribution >= 0.6 is 11.3 Å². The van der Waals surface area contributed by atoms with Crippen molar-refractivity contribution in [1.82, 2.24) is 5.32 Å². The highest BCUT2D eigenvalue weighted by Crippen LogP contribution is 2.14. The number of aliphatic imine (C=N–C) groups is 1. The molecule has 0 spiro atoms. The molecule has 5 nitrogen and oxygen atoms in total. The van der Waals surface area contributed by atoms with Crippen molar-refractivity contribution >= 4 is 28.3 Å². The predicted octanol–water partition coefficient (Wildman–Crippen LogP) is 0.629. The zero-order chi connectivity index (χ0) is 9.68. The van der Waals surface area contributed by atoms with E-state index in [4.69, 9.17) is 11.1 Å². The first kappa shape index (κ1) is 9.53. The van der Waals surface area contributed by atoms with Crippen molar-refractivity contribution in [2.24, 2.45) is 10.7 Å². The van der Waals surface area contributed by atoms with Crippen LogP contribution in [0.25, 0.3) is 0 Å². The van der Waals surface area contributed by atoms with Gasteiger partial charge in [0.2, 0.25) is 5.96 Å². The molecule has 0 bridgehead atoms. The number of thiophene rings is 1. The summed E-state index contributed by atoms with van der Waals surface area (Å²) in [7, 11) is 1.62. The summed E-state index contributed by atoms with van der Waals surface area (Å²) in [5.74, 6) is 0.333. The molecular weight excluding hydrogens is 186 g/mol. The number of hydrogen-bond donors (Lipinski definition) is 4. The molecule has 1 heterocycles. The number of hydrogen-bond acceptors (Lipinski definition) is 3. The minimum atomic E-state index is -0.135. The van der Waals surface area contributed by atoms with Crippen molar-refractivity contribution in [3.05, 3.63) is 17.5 Å². The SMILES string of the molecule is C/N=C(/NC(=N)N)Nc1cccs1. The lowest BCUT2D eigenvalue weighted by molar-refractivity contribution is 1.21. The number of nitrogens with zero attached hydrogens (tertiary/aromatic N) is 1. The van der Waals surface area contributed by atoms with E-state index in [1.165, 1.54) is 0 Å². The molecule has 0 radical (unpaired) electrons. The molecule has 0 aliphatic carbocycles. The van der Waals surface area contributed by atoms with E-state index in [-0.39, 0.29) is 5.96 Å². The molecule has 0 fully saturated rings. The van der Waals surface area contributed by atoms with E-state index in [2.05, 4.69) is 15.6 Å². The summed E-state index contributed by atoms with van der Waals surface area (Å²) in [6, 6.07) is 3.84. The molecule has 6 heteroatoms. The van der Waals surface area contributed by atoms with Crippen molar-refractivity contribution in [3.63, 3.8) is 0 Å². The van der Waals surface area contributed by atoms with Gasteiger partial charge in [0.15, 0.2) is 5.96 Å². The van der Waals surface area contributed by atoms with E-state index in [0.29, 0.717) is 5.96 Å². The first-order chi connectivity index (χ1) is 6.22. The molecule has 1 aromatic heterocycles. The van der Waals surface area contributed by atoms with Gasteiger partial charge in [0.25, 0.3) is 0 Å². The minimum absolute atomic E-state index is 0.135. The second-order valence-electron chi connectivity index (χ2n) is 2.21. The monoisotopic (exact) mass is 197 g/mol. The Labute approximate surface area is 80.2 Å². The quantitative estimate of drug-likeness (QED) is 0.393. The number of guanidine groups is 2. The lowest BCUT2D eigenvalue weighted by Gasteiger charge is -2.07. The summed E-state index contributed by atoms with van der Waals surface area (Å²) >= 11 is 1.55. The Morgan fingerprint density at radius 2 is 2.46 bits per heavy atom. The van der Waals surface area contributed by atoms with Gasteiger partial charge in [-0.3, -0.25) is 15.7 Å². The predicted molar refractivity (Wildman–Crippen MR) is 56.4 cm³/mol. The van der Waals surface area contributed by atoms with Gasteiger partial charge in [0.05, 0.1) is 5.00 Å². The Hall–Kier alpha value is -1.56. The summed E-state index contributed by atoms with van der Waals surface area (Å²) in [6.45, 7) is 0. The van der Waals surface area contributed by atoms with Crippen LogP contribution in [-0.4, -0.2) is 19.0 Å². The summed E-state index contributed by atoms with van der Waals surface area (Å²) in [4.78, 5) is 3.88. The van der Waals surface area contributed by atoms with Gasteiger partial charge in [-0.05, 0) is 17.5 Å². The molecule has 0 atom stereocenters. The van der Waals surface area contributed by atoms with Gasteiger partial charge in [-0.2, -0.15) is 0 Å². The van der Waals surface area contributed by atoms with E-state index in [9.17, 15) is 0 Å². The van der Waals surface area contributed by atoms with Crippen LogP contribution in [0.2, 0.25) is 0 Å². The van der Waals surface area contributed by atoms with Crippen molar-refractivity contribution < 1.29 is 0 Å². The lowest BCUT2D eigenvalue weighted by Crippen LogP contribution is -2.39. The molecule has 0 saturated heterocycles. The summed E-state index contributed by atoms with van der Waals surface area (Å²) < 4.78 is 0. The molecule has 13 heavy (non-hydrogen) atoms. The first-order valence-electron chi connectivity index (χ1n) is 3.60. The van der Waals surface area contributed by atoms with Crippen molar-refractivity contribution in [2.45, 2.75) is 0 Å². The Morgan fingerprint density at radius 3 is 2.92 bits per heavy atom. The smallest absolute Gasteiger partial charge is 0.202 e. The van der Waals surface area contributed by atoms with Gasteiger partial charge < -0.3 is 11.1 Å². The first-order valence-corrected chi connectivity index (χ1v) is 4.48. The highest BCUT2D eigenvalue weighted by Gasteiger charge is 1.99. The van der Waals surface area contributed by atoms with Crippen LogP contribution in [0, 0.1) is 5.41 Å². The molecule has 0 aliphatic rings. The highest BCUT2D eigenvalue weighted by molar-refractivity contribution is 7.14. The molecule has 0 saturated carbocycles.